The van der Waals surface area contributed by atoms with E-state index in [0.717, 1.165) is 11.1 Å². The zero-order chi connectivity index (χ0) is 12.7. The van der Waals surface area contributed by atoms with Gasteiger partial charge in [-0.05, 0) is 11.1 Å². The maximum Gasteiger partial charge on any atom is 0.223 e. The Bertz CT molecular complexity index is 474. The van der Waals surface area contributed by atoms with Crippen LogP contribution in [0.1, 0.15) is 23.6 Å². The quantitative estimate of drug-likeness (QED) is 0.799. The largest absolute Gasteiger partial charge is 0.396 e. The number of aliphatic hydroxyl groups is 2. The molecule has 1 fully saturated rings. The second-order valence-electron chi connectivity index (χ2n) is 5.21. The van der Waals surface area contributed by atoms with Crippen molar-refractivity contribution in [2.24, 2.45) is 5.92 Å². The third-order valence-electron chi connectivity index (χ3n) is 4.00. The molecule has 2 aliphatic rings. The predicted molar refractivity (Wildman–Crippen MR) is 65.8 cm³/mol. The lowest BCUT2D eigenvalue weighted by Gasteiger charge is -2.28. The van der Waals surface area contributed by atoms with Gasteiger partial charge in [0.2, 0.25) is 5.91 Å². The van der Waals surface area contributed by atoms with Gasteiger partial charge in [0.15, 0.2) is 0 Å². The van der Waals surface area contributed by atoms with Gasteiger partial charge >= 0.3 is 0 Å². The highest BCUT2D eigenvalue weighted by Crippen LogP contribution is 2.38. The van der Waals surface area contributed by atoms with E-state index >= 15 is 0 Å². The molecule has 0 saturated carbocycles. The highest BCUT2D eigenvalue weighted by Gasteiger charge is 2.41. The SMILES string of the molecule is O=C1CC(CO)CN1[C@@H]1c2ccccc2C[C@@H]1O. The molecule has 1 unspecified atom stereocenters. The van der Waals surface area contributed by atoms with Gasteiger partial charge in [-0.15, -0.1) is 0 Å². The lowest BCUT2D eigenvalue weighted by atomic mass is 10.1. The molecule has 1 aromatic rings. The summed E-state index contributed by atoms with van der Waals surface area (Å²) in [6.45, 7) is 0.581. The number of aliphatic hydroxyl groups excluding tert-OH is 2. The van der Waals surface area contributed by atoms with E-state index in [1.54, 1.807) is 4.90 Å². The van der Waals surface area contributed by atoms with Gasteiger partial charge in [-0.25, -0.2) is 0 Å². The Morgan fingerprint density at radius 3 is 2.78 bits per heavy atom. The van der Waals surface area contributed by atoms with Crippen LogP contribution in [-0.4, -0.2) is 40.3 Å². The number of hydrogen-bond acceptors (Lipinski definition) is 3. The second kappa shape index (κ2) is 4.37. The number of hydrogen-bond donors (Lipinski definition) is 2. The molecule has 3 atom stereocenters. The van der Waals surface area contributed by atoms with E-state index in [-0.39, 0.29) is 24.5 Å². The number of carbonyl (C=O) groups is 1. The molecule has 1 aliphatic carbocycles. The number of amides is 1. The predicted octanol–water partition coefficient (Wildman–Crippen LogP) is 0.486. The van der Waals surface area contributed by atoms with Crippen LogP contribution in [0.25, 0.3) is 0 Å². The molecule has 1 aliphatic heterocycles. The summed E-state index contributed by atoms with van der Waals surface area (Å²) in [4.78, 5) is 13.7. The van der Waals surface area contributed by atoms with Crippen molar-refractivity contribution < 1.29 is 15.0 Å². The van der Waals surface area contributed by atoms with Crippen LogP contribution in [0.2, 0.25) is 0 Å². The summed E-state index contributed by atoms with van der Waals surface area (Å²) in [6.07, 6.45) is 0.472. The average molecular weight is 247 g/mol. The highest BCUT2D eigenvalue weighted by atomic mass is 16.3. The standard InChI is InChI=1S/C14H17NO3/c16-8-9-5-13(18)15(7-9)14-11-4-2-1-3-10(11)6-12(14)17/h1-4,9,12,14,16-17H,5-8H2/t9?,12-,14+/m0/s1. The molecular formula is C14H17NO3. The first-order valence-electron chi connectivity index (χ1n) is 6.37. The molecule has 18 heavy (non-hydrogen) atoms. The van der Waals surface area contributed by atoms with Crippen LogP contribution < -0.4 is 0 Å². The molecule has 1 saturated heterocycles. The summed E-state index contributed by atoms with van der Waals surface area (Å²) in [5, 5.41) is 19.4. The van der Waals surface area contributed by atoms with Crippen molar-refractivity contribution in [3.8, 4) is 0 Å². The van der Waals surface area contributed by atoms with E-state index in [1.165, 1.54) is 0 Å². The lowest BCUT2D eigenvalue weighted by Crippen LogP contribution is -2.35. The molecule has 0 spiro atoms. The topological polar surface area (TPSA) is 60.8 Å². The third-order valence-corrected chi connectivity index (χ3v) is 4.00. The van der Waals surface area contributed by atoms with Crippen LogP contribution in [0.3, 0.4) is 0 Å². The van der Waals surface area contributed by atoms with Crippen LogP contribution in [-0.2, 0) is 11.2 Å². The van der Waals surface area contributed by atoms with Crippen LogP contribution in [0.4, 0.5) is 0 Å². The molecule has 0 aromatic heterocycles. The Kier molecular flexibility index (Phi) is 2.84. The molecule has 2 N–H and O–H groups in total. The number of likely N-dealkylation sites (tertiary alicyclic amines) is 1. The molecule has 1 amide bonds. The van der Waals surface area contributed by atoms with Crippen molar-refractivity contribution in [2.75, 3.05) is 13.2 Å². The fourth-order valence-electron chi connectivity index (χ4n) is 3.13. The van der Waals surface area contributed by atoms with Crippen LogP contribution >= 0.6 is 0 Å². The third kappa shape index (κ3) is 1.72. The van der Waals surface area contributed by atoms with E-state index in [1.807, 2.05) is 24.3 Å². The van der Waals surface area contributed by atoms with Crippen molar-refractivity contribution in [1.82, 2.24) is 4.90 Å². The minimum absolute atomic E-state index is 0.0115. The van der Waals surface area contributed by atoms with Crippen molar-refractivity contribution >= 4 is 5.91 Å². The van der Waals surface area contributed by atoms with Crippen molar-refractivity contribution in [3.05, 3.63) is 35.4 Å². The van der Waals surface area contributed by atoms with Crippen LogP contribution in [0.5, 0.6) is 0 Å². The van der Waals surface area contributed by atoms with E-state index < -0.39 is 6.10 Å². The monoisotopic (exact) mass is 247 g/mol. The first kappa shape index (κ1) is 11.7. The summed E-state index contributed by atoms with van der Waals surface area (Å²) in [6, 6.07) is 7.65. The first-order chi connectivity index (χ1) is 8.70. The number of rotatable bonds is 2. The zero-order valence-corrected chi connectivity index (χ0v) is 10.1. The van der Waals surface area contributed by atoms with Crippen molar-refractivity contribution in [3.63, 3.8) is 0 Å². The summed E-state index contributed by atoms with van der Waals surface area (Å²) in [5.41, 5.74) is 2.17. The molecular weight excluding hydrogens is 230 g/mol. The number of nitrogens with zero attached hydrogens (tertiary/aromatic N) is 1. The summed E-state index contributed by atoms with van der Waals surface area (Å²) in [5.74, 6) is 0.0484. The van der Waals surface area contributed by atoms with Gasteiger partial charge in [-0.2, -0.15) is 0 Å². The molecule has 1 heterocycles. The number of fused-ring (bicyclic) bond motifs is 1. The van der Waals surface area contributed by atoms with Gasteiger partial charge in [-0.1, -0.05) is 24.3 Å². The number of carbonyl (C=O) groups excluding carboxylic acids is 1. The molecule has 0 radical (unpaired) electrons. The van der Waals surface area contributed by atoms with Gasteiger partial charge in [-0.3, -0.25) is 4.79 Å². The van der Waals surface area contributed by atoms with E-state index in [2.05, 4.69) is 0 Å². The van der Waals surface area contributed by atoms with Gasteiger partial charge in [0, 0.05) is 31.9 Å². The van der Waals surface area contributed by atoms with Gasteiger partial charge in [0.1, 0.15) is 0 Å². The summed E-state index contributed by atoms with van der Waals surface area (Å²) >= 11 is 0. The molecule has 96 valence electrons. The molecule has 4 nitrogen and oxygen atoms in total. The maximum atomic E-state index is 12.0. The van der Waals surface area contributed by atoms with Crippen molar-refractivity contribution in [2.45, 2.75) is 25.0 Å². The van der Waals surface area contributed by atoms with E-state index in [9.17, 15) is 9.90 Å². The normalized spacial score (nSPS) is 30.9. The Morgan fingerprint density at radius 1 is 1.28 bits per heavy atom. The van der Waals surface area contributed by atoms with Crippen LogP contribution in [0, 0.1) is 5.92 Å². The zero-order valence-electron chi connectivity index (χ0n) is 10.1. The van der Waals surface area contributed by atoms with Gasteiger partial charge < -0.3 is 15.1 Å². The van der Waals surface area contributed by atoms with E-state index in [4.69, 9.17) is 5.11 Å². The molecule has 4 heteroatoms. The fraction of sp³-hybridized carbons (Fsp3) is 0.500. The molecule has 0 bridgehead atoms. The van der Waals surface area contributed by atoms with Crippen molar-refractivity contribution in [1.29, 1.82) is 0 Å². The molecule has 1 aromatic carbocycles. The lowest BCUT2D eigenvalue weighted by molar-refractivity contribution is -0.131. The highest BCUT2D eigenvalue weighted by molar-refractivity contribution is 5.79. The fourth-order valence-corrected chi connectivity index (χ4v) is 3.13. The maximum absolute atomic E-state index is 12.0. The Morgan fingerprint density at radius 2 is 2.06 bits per heavy atom. The first-order valence-corrected chi connectivity index (χ1v) is 6.37. The van der Waals surface area contributed by atoms with Gasteiger partial charge in [0.05, 0.1) is 12.1 Å². The van der Waals surface area contributed by atoms with E-state index in [0.29, 0.717) is 19.4 Å². The summed E-state index contributed by atoms with van der Waals surface area (Å²) < 4.78 is 0. The Labute approximate surface area is 106 Å². The minimum atomic E-state index is -0.524. The Hall–Kier alpha value is -1.39. The second-order valence-corrected chi connectivity index (χ2v) is 5.21. The van der Waals surface area contributed by atoms with Crippen LogP contribution in [0.15, 0.2) is 24.3 Å². The minimum Gasteiger partial charge on any atom is -0.396 e. The molecule has 3 rings (SSSR count). The Balaban J connectivity index is 1.91. The average Bonchev–Trinajstić information content (AvgIpc) is 2.88. The number of benzene rings is 1. The van der Waals surface area contributed by atoms with Gasteiger partial charge in [0.25, 0.3) is 0 Å². The smallest absolute Gasteiger partial charge is 0.223 e. The summed E-state index contributed by atoms with van der Waals surface area (Å²) in [7, 11) is 0.